The molecule has 23 heavy (non-hydrogen) atoms. The van der Waals surface area contributed by atoms with Crippen molar-refractivity contribution < 1.29 is 0 Å². The first-order valence-electron chi connectivity index (χ1n) is 8.74. The number of hydrogen-bond donors (Lipinski definition) is 0. The predicted molar refractivity (Wildman–Crippen MR) is 95.0 cm³/mol. The van der Waals surface area contributed by atoms with Crippen LogP contribution in [-0.4, -0.2) is 22.0 Å². The van der Waals surface area contributed by atoms with Crippen LogP contribution in [0, 0.1) is 6.92 Å². The number of piperidine rings is 1. The maximum Gasteiger partial charge on any atom is 0.0662 e. The summed E-state index contributed by atoms with van der Waals surface area (Å²) < 4.78 is 0. The van der Waals surface area contributed by atoms with Gasteiger partial charge >= 0.3 is 0 Å². The smallest absolute Gasteiger partial charge is 0.0662 e. The number of nitrogens with zero attached hydrogens (tertiary/aromatic N) is 2. The fraction of sp³-hybridized carbons (Fsp3) is 0.381. The summed E-state index contributed by atoms with van der Waals surface area (Å²) in [6, 6.07) is 18.5. The van der Waals surface area contributed by atoms with Crippen molar-refractivity contribution in [3.63, 3.8) is 0 Å². The van der Waals surface area contributed by atoms with Gasteiger partial charge < -0.3 is 0 Å². The summed E-state index contributed by atoms with van der Waals surface area (Å²) >= 11 is 0. The van der Waals surface area contributed by atoms with Crippen molar-refractivity contribution in [1.29, 1.82) is 0 Å². The standard InChI is InChI=1S/C21H24N2/c1-16-7-5-12-21(22-16)18-13-19-10-6-11-20(14-18)23(19)15-17-8-3-2-4-9-17/h2-5,7-9,12-13,19-20H,6,10-11,14-15H2,1H3. The quantitative estimate of drug-likeness (QED) is 0.824. The van der Waals surface area contributed by atoms with Gasteiger partial charge in [-0.05, 0) is 49.5 Å². The Kier molecular flexibility index (Phi) is 4.00. The molecule has 2 nitrogen and oxygen atoms in total. The lowest BCUT2D eigenvalue weighted by molar-refractivity contribution is 0.0950. The number of pyridine rings is 1. The van der Waals surface area contributed by atoms with Crippen LogP contribution >= 0.6 is 0 Å². The Bertz CT molecular complexity index is 705. The third-order valence-electron chi connectivity index (χ3n) is 5.21. The molecule has 2 aliphatic heterocycles. The molecule has 2 aromatic rings. The van der Waals surface area contributed by atoms with E-state index in [9.17, 15) is 0 Å². The largest absolute Gasteiger partial charge is 0.289 e. The fourth-order valence-electron chi connectivity index (χ4n) is 4.07. The van der Waals surface area contributed by atoms with Crippen LogP contribution in [-0.2, 0) is 6.54 Å². The molecular formula is C21H24N2. The third kappa shape index (κ3) is 3.09. The number of aryl methyl sites for hydroxylation is 1. The summed E-state index contributed by atoms with van der Waals surface area (Å²) in [4.78, 5) is 7.45. The molecule has 1 saturated heterocycles. The van der Waals surface area contributed by atoms with Crippen molar-refractivity contribution in [2.75, 3.05) is 0 Å². The monoisotopic (exact) mass is 304 g/mol. The van der Waals surface area contributed by atoms with E-state index >= 15 is 0 Å². The molecule has 118 valence electrons. The summed E-state index contributed by atoms with van der Waals surface area (Å²) in [6.45, 7) is 3.15. The van der Waals surface area contributed by atoms with Crippen LogP contribution in [0.2, 0.25) is 0 Å². The summed E-state index contributed by atoms with van der Waals surface area (Å²) in [6.07, 6.45) is 7.57. The van der Waals surface area contributed by atoms with Gasteiger partial charge in [-0.15, -0.1) is 0 Å². The average Bonchev–Trinajstić information content (AvgIpc) is 2.55. The number of fused-ring (bicyclic) bond motifs is 2. The third-order valence-corrected chi connectivity index (χ3v) is 5.21. The number of benzene rings is 1. The number of hydrogen-bond acceptors (Lipinski definition) is 2. The van der Waals surface area contributed by atoms with E-state index < -0.39 is 0 Å². The molecule has 0 spiro atoms. The van der Waals surface area contributed by atoms with Gasteiger partial charge in [0.2, 0.25) is 0 Å². The Balaban J connectivity index is 1.60. The molecule has 2 unspecified atom stereocenters. The van der Waals surface area contributed by atoms with E-state index in [1.165, 1.54) is 36.1 Å². The molecule has 2 atom stereocenters. The van der Waals surface area contributed by atoms with Crippen LogP contribution in [0.15, 0.2) is 54.6 Å². The van der Waals surface area contributed by atoms with Gasteiger partial charge in [0.15, 0.2) is 0 Å². The van der Waals surface area contributed by atoms with E-state index in [0.717, 1.165) is 18.7 Å². The first-order chi connectivity index (χ1) is 11.3. The van der Waals surface area contributed by atoms with Crippen molar-refractivity contribution in [3.05, 3.63) is 71.6 Å². The highest BCUT2D eigenvalue weighted by Crippen LogP contribution is 2.37. The SMILES string of the molecule is Cc1cccc(C2=CC3CCCC(C2)N3Cc2ccccc2)n1. The number of rotatable bonds is 3. The minimum Gasteiger partial charge on any atom is -0.289 e. The van der Waals surface area contributed by atoms with Gasteiger partial charge in [-0.25, -0.2) is 0 Å². The maximum absolute atomic E-state index is 4.75. The minimum absolute atomic E-state index is 0.569. The fourth-order valence-corrected chi connectivity index (χ4v) is 4.07. The molecule has 1 fully saturated rings. The van der Waals surface area contributed by atoms with Crippen molar-refractivity contribution in [2.24, 2.45) is 0 Å². The van der Waals surface area contributed by atoms with Crippen molar-refractivity contribution in [2.45, 2.75) is 51.2 Å². The zero-order chi connectivity index (χ0) is 15.6. The normalized spacial score (nSPS) is 24.3. The van der Waals surface area contributed by atoms with Gasteiger partial charge in [-0.2, -0.15) is 0 Å². The highest BCUT2D eigenvalue weighted by Gasteiger charge is 2.34. The van der Waals surface area contributed by atoms with E-state index in [1.54, 1.807) is 0 Å². The molecule has 0 radical (unpaired) electrons. The molecule has 0 N–H and O–H groups in total. The van der Waals surface area contributed by atoms with Crippen molar-refractivity contribution >= 4 is 5.57 Å². The molecule has 1 aromatic heterocycles. The summed E-state index contributed by atoms with van der Waals surface area (Å²) in [5.41, 5.74) is 5.17. The van der Waals surface area contributed by atoms with Gasteiger partial charge in [0.25, 0.3) is 0 Å². The molecule has 0 aliphatic carbocycles. The Morgan fingerprint density at radius 2 is 1.91 bits per heavy atom. The lowest BCUT2D eigenvalue weighted by Gasteiger charge is -2.45. The van der Waals surface area contributed by atoms with Gasteiger partial charge in [-0.1, -0.05) is 48.9 Å². The van der Waals surface area contributed by atoms with Crippen LogP contribution in [0.4, 0.5) is 0 Å². The second kappa shape index (κ2) is 6.29. The molecule has 4 rings (SSSR count). The first kappa shape index (κ1) is 14.6. The van der Waals surface area contributed by atoms with Crippen LogP contribution in [0.1, 0.15) is 42.6 Å². The van der Waals surface area contributed by atoms with Crippen molar-refractivity contribution in [1.82, 2.24) is 9.88 Å². The lowest BCUT2D eigenvalue weighted by Crippen LogP contribution is -2.47. The van der Waals surface area contributed by atoms with Gasteiger partial charge in [0.05, 0.1) is 5.69 Å². The molecule has 0 amide bonds. The van der Waals surface area contributed by atoms with Crippen LogP contribution in [0.5, 0.6) is 0 Å². The van der Waals surface area contributed by atoms with E-state index in [-0.39, 0.29) is 0 Å². The second-order valence-corrected chi connectivity index (χ2v) is 6.87. The minimum atomic E-state index is 0.569. The lowest BCUT2D eigenvalue weighted by atomic mass is 9.83. The summed E-state index contributed by atoms with van der Waals surface area (Å²) in [5, 5.41) is 0. The molecule has 0 saturated carbocycles. The first-order valence-corrected chi connectivity index (χ1v) is 8.74. The summed E-state index contributed by atoms with van der Waals surface area (Å²) in [5.74, 6) is 0. The molecule has 2 bridgehead atoms. The summed E-state index contributed by atoms with van der Waals surface area (Å²) in [7, 11) is 0. The van der Waals surface area contributed by atoms with E-state index in [4.69, 9.17) is 4.98 Å². The van der Waals surface area contributed by atoms with E-state index in [0.29, 0.717) is 12.1 Å². The molecule has 1 aromatic carbocycles. The van der Waals surface area contributed by atoms with Gasteiger partial charge in [-0.3, -0.25) is 9.88 Å². The topological polar surface area (TPSA) is 16.1 Å². The van der Waals surface area contributed by atoms with Gasteiger partial charge in [0, 0.05) is 24.3 Å². The van der Waals surface area contributed by atoms with Crippen molar-refractivity contribution in [3.8, 4) is 0 Å². The van der Waals surface area contributed by atoms with Gasteiger partial charge in [0.1, 0.15) is 0 Å². The van der Waals surface area contributed by atoms with Crippen LogP contribution in [0.25, 0.3) is 5.57 Å². The predicted octanol–water partition coefficient (Wildman–Crippen LogP) is 4.60. The van der Waals surface area contributed by atoms with Crippen LogP contribution < -0.4 is 0 Å². The van der Waals surface area contributed by atoms with Crippen LogP contribution in [0.3, 0.4) is 0 Å². The highest BCUT2D eigenvalue weighted by molar-refractivity contribution is 5.65. The van der Waals surface area contributed by atoms with E-state index in [2.05, 4.69) is 66.4 Å². The highest BCUT2D eigenvalue weighted by atomic mass is 15.2. The maximum atomic E-state index is 4.75. The zero-order valence-electron chi connectivity index (χ0n) is 13.8. The average molecular weight is 304 g/mol. The Hall–Kier alpha value is -1.93. The Morgan fingerprint density at radius 3 is 2.70 bits per heavy atom. The zero-order valence-corrected chi connectivity index (χ0v) is 13.8. The van der Waals surface area contributed by atoms with E-state index in [1.807, 2.05) is 0 Å². The second-order valence-electron chi connectivity index (χ2n) is 6.87. The number of aromatic nitrogens is 1. The molecule has 2 heteroatoms. The molecular weight excluding hydrogens is 280 g/mol. The Morgan fingerprint density at radius 1 is 1.04 bits per heavy atom. The Labute approximate surface area is 138 Å². The molecule has 2 aliphatic rings. The molecule has 3 heterocycles.